The predicted octanol–water partition coefficient (Wildman–Crippen LogP) is 3.81. The van der Waals surface area contributed by atoms with Gasteiger partial charge >= 0.3 is 6.03 Å². The number of carbonyl (C=O) groups is 3. The summed E-state index contributed by atoms with van der Waals surface area (Å²) in [6, 6.07) is 8.78. The second-order valence-corrected chi connectivity index (χ2v) is 7.26. The van der Waals surface area contributed by atoms with Crippen LogP contribution in [-0.2, 0) is 9.59 Å². The van der Waals surface area contributed by atoms with Crippen molar-refractivity contribution < 1.29 is 28.6 Å². The number of hydrogen-bond donors (Lipinski definition) is 1. The van der Waals surface area contributed by atoms with Gasteiger partial charge in [0, 0.05) is 12.1 Å². The average molecular weight is 445 g/mol. The highest BCUT2D eigenvalue weighted by Gasteiger charge is 2.38. The molecule has 1 heterocycles. The molecule has 1 aliphatic rings. The molecule has 0 atom stereocenters. The standard InChI is InChI=1S/C22H21ClN2O6/c1-12(2)31-14-7-5-13(6-8-14)9-15-20(26)24-22(28)25(21(15)27)17-11-18(29-3)16(23)10-19(17)30-4/h5-12H,1-4H3,(H,24,26,28)/b15-9+. The van der Waals surface area contributed by atoms with Crippen molar-refractivity contribution in [1.29, 1.82) is 0 Å². The molecule has 31 heavy (non-hydrogen) atoms. The highest BCUT2D eigenvalue weighted by Crippen LogP contribution is 2.39. The maximum atomic E-state index is 13.1. The van der Waals surface area contributed by atoms with Crippen molar-refractivity contribution in [3.63, 3.8) is 0 Å². The van der Waals surface area contributed by atoms with Gasteiger partial charge in [-0.15, -0.1) is 0 Å². The van der Waals surface area contributed by atoms with Gasteiger partial charge in [0.15, 0.2) is 0 Å². The Morgan fingerprint density at radius 1 is 1.00 bits per heavy atom. The van der Waals surface area contributed by atoms with E-state index >= 15 is 0 Å². The first-order valence-electron chi connectivity index (χ1n) is 9.34. The van der Waals surface area contributed by atoms with Crippen molar-refractivity contribution in [3.05, 3.63) is 52.6 Å². The van der Waals surface area contributed by atoms with Gasteiger partial charge in [0.2, 0.25) is 0 Å². The Morgan fingerprint density at radius 2 is 1.65 bits per heavy atom. The number of ether oxygens (including phenoxy) is 3. The van der Waals surface area contributed by atoms with Gasteiger partial charge in [0.05, 0.1) is 31.0 Å². The Hall–Kier alpha value is -3.52. The number of benzene rings is 2. The van der Waals surface area contributed by atoms with Crippen molar-refractivity contribution >= 4 is 41.2 Å². The molecule has 1 N–H and O–H groups in total. The summed E-state index contributed by atoms with van der Waals surface area (Å²) in [7, 11) is 2.77. The lowest BCUT2D eigenvalue weighted by Crippen LogP contribution is -2.54. The summed E-state index contributed by atoms with van der Waals surface area (Å²) < 4.78 is 16.0. The number of hydrogen-bond acceptors (Lipinski definition) is 6. The molecule has 4 amide bonds. The Bertz CT molecular complexity index is 1060. The van der Waals surface area contributed by atoms with Gasteiger partial charge in [-0.3, -0.25) is 14.9 Å². The maximum Gasteiger partial charge on any atom is 0.336 e. The van der Waals surface area contributed by atoms with E-state index in [-0.39, 0.29) is 33.9 Å². The number of methoxy groups -OCH3 is 2. The van der Waals surface area contributed by atoms with Gasteiger partial charge in [0.1, 0.15) is 22.8 Å². The quantitative estimate of drug-likeness (QED) is 0.537. The van der Waals surface area contributed by atoms with E-state index in [1.165, 1.54) is 32.4 Å². The maximum absolute atomic E-state index is 13.1. The molecule has 0 bridgehead atoms. The number of anilines is 1. The Balaban J connectivity index is 2.00. The molecule has 0 saturated carbocycles. The highest BCUT2D eigenvalue weighted by atomic mass is 35.5. The first-order valence-corrected chi connectivity index (χ1v) is 9.72. The summed E-state index contributed by atoms with van der Waals surface area (Å²) in [5.41, 5.74) is 0.461. The molecule has 0 spiro atoms. The molecule has 2 aromatic rings. The van der Waals surface area contributed by atoms with Crippen LogP contribution in [0.15, 0.2) is 42.0 Å². The molecule has 0 radical (unpaired) electrons. The zero-order valence-electron chi connectivity index (χ0n) is 17.4. The Kier molecular flexibility index (Phi) is 6.50. The second kappa shape index (κ2) is 9.09. The number of imide groups is 2. The van der Waals surface area contributed by atoms with Crippen LogP contribution >= 0.6 is 11.6 Å². The lowest BCUT2D eigenvalue weighted by Gasteiger charge is -2.28. The van der Waals surface area contributed by atoms with Gasteiger partial charge < -0.3 is 14.2 Å². The molecule has 9 heteroatoms. The van der Waals surface area contributed by atoms with E-state index < -0.39 is 17.8 Å². The van der Waals surface area contributed by atoms with Gasteiger partial charge in [0.25, 0.3) is 11.8 Å². The number of rotatable bonds is 6. The van der Waals surface area contributed by atoms with Crippen LogP contribution in [0.5, 0.6) is 17.2 Å². The molecule has 1 saturated heterocycles. The number of nitrogens with one attached hydrogen (secondary N) is 1. The topological polar surface area (TPSA) is 94.2 Å². The van der Waals surface area contributed by atoms with Crippen LogP contribution in [0.3, 0.4) is 0 Å². The average Bonchev–Trinajstić information content (AvgIpc) is 2.72. The zero-order valence-corrected chi connectivity index (χ0v) is 18.1. The van der Waals surface area contributed by atoms with Crippen LogP contribution in [0.25, 0.3) is 6.08 Å². The van der Waals surface area contributed by atoms with Gasteiger partial charge in [-0.1, -0.05) is 23.7 Å². The minimum atomic E-state index is -0.907. The summed E-state index contributed by atoms with van der Waals surface area (Å²) in [4.78, 5) is 38.8. The number of carbonyl (C=O) groups excluding carboxylic acids is 3. The largest absolute Gasteiger partial charge is 0.495 e. The molecular formula is C22H21ClN2O6. The fourth-order valence-corrected chi connectivity index (χ4v) is 3.21. The van der Waals surface area contributed by atoms with Crippen LogP contribution in [0.4, 0.5) is 10.5 Å². The molecule has 162 valence electrons. The summed E-state index contributed by atoms with van der Waals surface area (Å²) in [6.07, 6.45) is 1.41. The van der Waals surface area contributed by atoms with E-state index in [9.17, 15) is 14.4 Å². The van der Waals surface area contributed by atoms with E-state index in [4.69, 9.17) is 25.8 Å². The molecule has 8 nitrogen and oxygen atoms in total. The van der Waals surface area contributed by atoms with Crippen LogP contribution in [0.1, 0.15) is 19.4 Å². The fourth-order valence-electron chi connectivity index (χ4n) is 2.98. The van der Waals surface area contributed by atoms with Crippen LogP contribution in [-0.4, -0.2) is 38.2 Å². The molecular weight excluding hydrogens is 424 g/mol. The van der Waals surface area contributed by atoms with Crippen molar-refractivity contribution in [2.45, 2.75) is 20.0 Å². The summed E-state index contributed by atoms with van der Waals surface area (Å²) in [5.74, 6) is -0.543. The van der Waals surface area contributed by atoms with Crippen LogP contribution in [0, 0.1) is 0 Å². The summed E-state index contributed by atoms with van der Waals surface area (Å²) in [5, 5.41) is 2.41. The smallest absolute Gasteiger partial charge is 0.336 e. The second-order valence-electron chi connectivity index (χ2n) is 6.85. The normalized spacial score (nSPS) is 15.4. The van der Waals surface area contributed by atoms with Crippen molar-refractivity contribution in [2.24, 2.45) is 0 Å². The number of barbiturate groups is 1. The Labute approximate surface area is 184 Å². The number of halogens is 1. The zero-order chi connectivity index (χ0) is 22.7. The SMILES string of the molecule is COc1cc(N2C(=O)NC(=O)/C(=C\c3ccc(OC(C)C)cc3)C2=O)c(OC)cc1Cl. The van der Waals surface area contributed by atoms with E-state index in [1.807, 2.05) is 13.8 Å². The fraction of sp³-hybridized carbons (Fsp3) is 0.227. The third kappa shape index (κ3) is 4.64. The molecule has 0 aliphatic carbocycles. The molecule has 2 aromatic carbocycles. The minimum Gasteiger partial charge on any atom is -0.495 e. The van der Waals surface area contributed by atoms with Gasteiger partial charge in [-0.25, -0.2) is 9.69 Å². The number of amides is 4. The third-order valence-electron chi connectivity index (χ3n) is 4.36. The third-order valence-corrected chi connectivity index (χ3v) is 4.65. The van der Waals surface area contributed by atoms with E-state index in [1.54, 1.807) is 24.3 Å². The van der Waals surface area contributed by atoms with Crippen LogP contribution in [0.2, 0.25) is 5.02 Å². The Morgan fingerprint density at radius 3 is 2.23 bits per heavy atom. The first-order chi connectivity index (χ1) is 14.7. The van der Waals surface area contributed by atoms with Crippen molar-refractivity contribution in [2.75, 3.05) is 19.1 Å². The van der Waals surface area contributed by atoms with Crippen molar-refractivity contribution in [1.82, 2.24) is 5.32 Å². The number of nitrogens with zero attached hydrogens (tertiary/aromatic N) is 1. The number of urea groups is 1. The van der Waals surface area contributed by atoms with E-state index in [2.05, 4.69) is 5.32 Å². The highest BCUT2D eigenvalue weighted by molar-refractivity contribution is 6.39. The van der Waals surface area contributed by atoms with Gasteiger partial charge in [-0.2, -0.15) is 0 Å². The van der Waals surface area contributed by atoms with Crippen molar-refractivity contribution in [3.8, 4) is 17.2 Å². The van der Waals surface area contributed by atoms with E-state index in [0.29, 0.717) is 11.3 Å². The summed E-state index contributed by atoms with van der Waals surface area (Å²) >= 11 is 6.11. The molecule has 1 fully saturated rings. The predicted molar refractivity (Wildman–Crippen MR) is 116 cm³/mol. The molecule has 1 aliphatic heterocycles. The lowest BCUT2D eigenvalue weighted by molar-refractivity contribution is -0.122. The van der Waals surface area contributed by atoms with Crippen LogP contribution < -0.4 is 24.4 Å². The van der Waals surface area contributed by atoms with Gasteiger partial charge in [-0.05, 0) is 37.6 Å². The molecule has 3 rings (SSSR count). The monoisotopic (exact) mass is 444 g/mol. The van der Waals surface area contributed by atoms with E-state index in [0.717, 1.165) is 4.90 Å². The minimum absolute atomic E-state index is 0.0147. The molecule has 0 unspecified atom stereocenters. The first kappa shape index (κ1) is 22.2. The summed E-state index contributed by atoms with van der Waals surface area (Å²) in [6.45, 7) is 3.82. The molecule has 0 aromatic heterocycles. The lowest BCUT2D eigenvalue weighted by atomic mass is 10.1.